The van der Waals surface area contributed by atoms with Gasteiger partial charge in [0.15, 0.2) is 0 Å². The van der Waals surface area contributed by atoms with Crippen LogP contribution in [0.4, 0.5) is 0 Å². The maximum Gasteiger partial charge on any atom is 0.334 e. The van der Waals surface area contributed by atoms with Crippen molar-refractivity contribution in [3.05, 3.63) is 11.6 Å². The van der Waals surface area contributed by atoms with Gasteiger partial charge in [0, 0.05) is 0 Å². The highest BCUT2D eigenvalue weighted by molar-refractivity contribution is 5.89. The lowest BCUT2D eigenvalue weighted by molar-refractivity contribution is -0.135. The molecule has 0 aliphatic heterocycles. The van der Waals surface area contributed by atoms with Crippen LogP contribution in [0.25, 0.3) is 0 Å². The predicted molar refractivity (Wildman–Crippen MR) is 63.2 cm³/mol. The molecule has 0 radical (unpaired) electrons. The van der Waals surface area contributed by atoms with Gasteiger partial charge in [-0.1, -0.05) is 46.1 Å². The molecule has 16 heavy (non-hydrogen) atoms. The topological polar surface area (TPSA) is 57.5 Å². The smallest absolute Gasteiger partial charge is 0.334 e. The van der Waals surface area contributed by atoms with Crippen molar-refractivity contribution in [3.63, 3.8) is 0 Å². The summed E-state index contributed by atoms with van der Waals surface area (Å²) in [5, 5.41) is 19.6. The van der Waals surface area contributed by atoms with Gasteiger partial charge in [0.1, 0.15) is 0 Å². The number of rotatable bonds is 2. The first kappa shape index (κ1) is 13.2. The third-order valence-electron chi connectivity index (χ3n) is 2.99. The Kier molecular flexibility index (Phi) is 3.79. The first-order chi connectivity index (χ1) is 7.25. The molecule has 0 bridgehead atoms. The molecule has 3 nitrogen and oxygen atoms in total. The van der Waals surface area contributed by atoms with E-state index in [0.29, 0.717) is 12.8 Å². The molecule has 1 aliphatic rings. The van der Waals surface area contributed by atoms with Gasteiger partial charge in [-0.3, -0.25) is 0 Å². The zero-order valence-corrected chi connectivity index (χ0v) is 10.4. The molecule has 0 amide bonds. The third kappa shape index (κ3) is 3.34. The lowest BCUT2D eigenvalue weighted by Gasteiger charge is -2.33. The van der Waals surface area contributed by atoms with Gasteiger partial charge in [0.25, 0.3) is 0 Å². The predicted octanol–water partition coefficient (Wildman–Crippen LogP) is 2.74. The standard InChI is InChI=1S/C13H22O3/c1-12(2,3)9-10(11(14)15)13(16)7-5-4-6-8-13/h9,16H,4-8H2,1-3H3,(H,14,15). The van der Waals surface area contributed by atoms with E-state index in [1.807, 2.05) is 20.8 Å². The molecule has 0 spiro atoms. The first-order valence-corrected chi connectivity index (χ1v) is 5.94. The Bertz CT molecular complexity index is 291. The average molecular weight is 226 g/mol. The molecular weight excluding hydrogens is 204 g/mol. The monoisotopic (exact) mass is 226 g/mol. The second-order valence-electron chi connectivity index (χ2n) is 5.82. The van der Waals surface area contributed by atoms with Crippen LogP contribution in [-0.4, -0.2) is 21.8 Å². The summed E-state index contributed by atoms with van der Waals surface area (Å²) in [4.78, 5) is 11.3. The fourth-order valence-corrected chi connectivity index (χ4v) is 2.23. The zero-order chi connectivity index (χ0) is 12.4. The molecule has 3 heteroatoms. The van der Waals surface area contributed by atoms with Crippen molar-refractivity contribution in [1.29, 1.82) is 0 Å². The summed E-state index contributed by atoms with van der Waals surface area (Å²) in [6, 6.07) is 0. The normalized spacial score (nSPS) is 21.9. The van der Waals surface area contributed by atoms with Gasteiger partial charge in [0.05, 0.1) is 11.2 Å². The molecule has 0 aromatic carbocycles. The van der Waals surface area contributed by atoms with Crippen LogP contribution >= 0.6 is 0 Å². The lowest BCUT2D eigenvalue weighted by atomic mass is 9.77. The molecule has 1 aliphatic carbocycles. The van der Waals surface area contributed by atoms with Gasteiger partial charge < -0.3 is 10.2 Å². The van der Waals surface area contributed by atoms with Crippen LogP contribution in [0.1, 0.15) is 52.9 Å². The molecule has 1 fully saturated rings. The summed E-state index contributed by atoms with van der Waals surface area (Å²) in [5.74, 6) is -0.987. The number of carboxylic acid groups (broad SMARTS) is 1. The average Bonchev–Trinajstić information content (AvgIpc) is 2.13. The van der Waals surface area contributed by atoms with E-state index in [-0.39, 0.29) is 11.0 Å². The molecule has 0 saturated heterocycles. The maximum atomic E-state index is 11.3. The molecule has 1 saturated carbocycles. The van der Waals surface area contributed by atoms with E-state index >= 15 is 0 Å². The van der Waals surface area contributed by atoms with Gasteiger partial charge >= 0.3 is 5.97 Å². The molecule has 0 heterocycles. The minimum Gasteiger partial charge on any atom is -0.478 e. The van der Waals surface area contributed by atoms with Crippen LogP contribution in [-0.2, 0) is 4.79 Å². The first-order valence-electron chi connectivity index (χ1n) is 5.94. The Hall–Kier alpha value is -0.830. The van der Waals surface area contributed by atoms with Gasteiger partial charge in [-0.25, -0.2) is 4.79 Å². The summed E-state index contributed by atoms with van der Waals surface area (Å²) in [6.07, 6.45) is 5.74. The van der Waals surface area contributed by atoms with Crippen LogP contribution < -0.4 is 0 Å². The van der Waals surface area contributed by atoms with E-state index in [2.05, 4.69) is 0 Å². The van der Waals surface area contributed by atoms with E-state index in [1.54, 1.807) is 6.08 Å². The number of allylic oxidation sites excluding steroid dienone is 1. The van der Waals surface area contributed by atoms with Gasteiger partial charge in [-0.05, 0) is 18.3 Å². The van der Waals surface area contributed by atoms with Crippen LogP contribution in [0.3, 0.4) is 0 Å². The highest BCUT2D eigenvalue weighted by atomic mass is 16.4. The summed E-state index contributed by atoms with van der Waals surface area (Å²) in [7, 11) is 0. The van der Waals surface area contributed by atoms with E-state index < -0.39 is 11.6 Å². The quantitative estimate of drug-likeness (QED) is 0.712. The molecule has 92 valence electrons. The van der Waals surface area contributed by atoms with E-state index in [4.69, 9.17) is 0 Å². The van der Waals surface area contributed by atoms with Crippen LogP contribution in [0.2, 0.25) is 0 Å². The van der Waals surface area contributed by atoms with E-state index in [1.165, 1.54) is 0 Å². The van der Waals surface area contributed by atoms with Crippen molar-refractivity contribution in [3.8, 4) is 0 Å². The Morgan fingerprint density at radius 3 is 2.06 bits per heavy atom. The van der Waals surface area contributed by atoms with E-state index in [9.17, 15) is 15.0 Å². The highest BCUT2D eigenvalue weighted by Crippen LogP contribution is 2.36. The summed E-state index contributed by atoms with van der Waals surface area (Å²) < 4.78 is 0. The Balaban J connectivity index is 3.02. The van der Waals surface area contributed by atoms with Crippen molar-refractivity contribution in [2.45, 2.75) is 58.5 Å². The number of carbonyl (C=O) groups is 1. The van der Waals surface area contributed by atoms with E-state index in [0.717, 1.165) is 19.3 Å². The SMILES string of the molecule is CC(C)(C)C=C(C(=O)O)C1(O)CCCCC1. The van der Waals surface area contributed by atoms with Gasteiger partial charge in [0.2, 0.25) is 0 Å². The zero-order valence-electron chi connectivity index (χ0n) is 10.4. The minimum absolute atomic E-state index is 0.180. The Labute approximate surface area is 97.2 Å². The second kappa shape index (κ2) is 4.58. The summed E-state index contributed by atoms with van der Waals surface area (Å²) >= 11 is 0. The van der Waals surface area contributed by atoms with Crippen LogP contribution in [0, 0.1) is 5.41 Å². The van der Waals surface area contributed by atoms with Crippen LogP contribution in [0.15, 0.2) is 11.6 Å². The van der Waals surface area contributed by atoms with Crippen molar-refractivity contribution in [2.24, 2.45) is 5.41 Å². The summed E-state index contributed by atoms with van der Waals surface area (Å²) in [5.41, 5.74) is -1.15. The number of hydrogen-bond donors (Lipinski definition) is 2. The number of aliphatic hydroxyl groups is 1. The Morgan fingerprint density at radius 1 is 1.19 bits per heavy atom. The minimum atomic E-state index is -1.11. The molecule has 1 rings (SSSR count). The molecule has 2 N–H and O–H groups in total. The van der Waals surface area contributed by atoms with Crippen LogP contribution in [0.5, 0.6) is 0 Å². The van der Waals surface area contributed by atoms with Crippen molar-refractivity contribution < 1.29 is 15.0 Å². The number of hydrogen-bond acceptors (Lipinski definition) is 2. The lowest BCUT2D eigenvalue weighted by Crippen LogP contribution is -2.37. The molecule has 0 unspecified atom stereocenters. The fourth-order valence-electron chi connectivity index (χ4n) is 2.23. The molecule has 0 atom stereocenters. The van der Waals surface area contributed by atoms with Gasteiger partial charge in [-0.2, -0.15) is 0 Å². The van der Waals surface area contributed by atoms with Crippen molar-refractivity contribution >= 4 is 5.97 Å². The van der Waals surface area contributed by atoms with Crippen molar-refractivity contribution in [1.82, 2.24) is 0 Å². The second-order valence-corrected chi connectivity index (χ2v) is 5.82. The largest absolute Gasteiger partial charge is 0.478 e. The van der Waals surface area contributed by atoms with Crippen molar-refractivity contribution in [2.75, 3.05) is 0 Å². The molecule has 0 aromatic rings. The maximum absolute atomic E-state index is 11.3. The Morgan fingerprint density at radius 2 is 1.69 bits per heavy atom. The fraction of sp³-hybridized carbons (Fsp3) is 0.769. The highest BCUT2D eigenvalue weighted by Gasteiger charge is 2.37. The number of aliphatic carboxylic acids is 1. The van der Waals surface area contributed by atoms with Gasteiger partial charge in [-0.15, -0.1) is 0 Å². The molecular formula is C13H22O3. The number of carboxylic acids is 1. The molecule has 0 aromatic heterocycles. The summed E-state index contributed by atoms with van der Waals surface area (Å²) in [6.45, 7) is 5.84. The third-order valence-corrected chi connectivity index (χ3v) is 2.99.